The molecular formula is C17H13BrN2O4S. The number of thiophene rings is 1. The van der Waals surface area contributed by atoms with Crippen LogP contribution < -0.4 is 5.56 Å². The molecule has 0 spiro atoms. The van der Waals surface area contributed by atoms with E-state index in [9.17, 15) is 14.4 Å². The molecule has 0 aliphatic heterocycles. The molecule has 0 aliphatic carbocycles. The van der Waals surface area contributed by atoms with Crippen molar-refractivity contribution in [2.24, 2.45) is 0 Å². The predicted molar refractivity (Wildman–Crippen MR) is 98.3 cm³/mol. The van der Waals surface area contributed by atoms with Gasteiger partial charge in [0.05, 0.1) is 30.4 Å². The molecule has 0 aliphatic rings. The normalized spacial score (nSPS) is 10.8. The SMILES string of the molecule is CCOC(=O)c1csc2ncn(CC(=O)c3ccc(Br)cc3)c(=O)c12. The number of carbonyl (C=O) groups is 2. The van der Waals surface area contributed by atoms with Crippen LogP contribution in [-0.4, -0.2) is 27.9 Å². The number of esters is 1. The summed E-state index contributed by atoms with van der Waals surface area (Å²) in [5, 5.41) is 1.74. The lowest BCUT2D eigenvalue weighted by Gasteiger charge is -2.06. The average Bonchev–Trinajstić information content (AvgIpc) is 3.03. The van der Waals surface area contributed by atoms with Crippen LogP contribution in [-0.2, 0) is 11.3 Å². The van der Waals surface area contributed by atoms with Crippen LogP contribution in [0.3, 0.4) is 0 Å². The number of halogens is 1. The standard InChI is InChI=1S/C17H13BrN2O4S/c1-2-24-17(23)12-8-25-15-14(12)16(22)20(9-19-15)7-13(21)10-3-5-11(18)6-4-10/h3-6,8-9H,2,7H2,1H3. The molecule has 3 rings (SSSR count). The third kappa shape index (κ3) is 3.54. The zero-order valence-electron chi connectivity index (χ0n) is 13.2. The molecule has 0 saturated carbocycles. The zero-order valence-corrected chi connectivity index (χ0v) is 15.6. The highest BCUT2D eigenvalue weighted by Crippen LogP contribution is 2.21. The van der Waals surface area contributed by atoms with Gasteiger partial charge in [0.1, 0.15) is 4.83 Å². The topological polar surface area (TPSA) is 78.3 Å². The van der Waals surface area contributed by atoms with Gasteiger partial charge in [-0.15, -0.1) is 11.3 Å². The Morgan fingerprint density at radius 2 is 2.00 bits per heavy atom. The Labute approximate surface area is 155 Å². The van der Waals surface area contributed by atoms with Gasteiger partial charge in [0.2, 0.25) is 0 Å². The van der Waals surface area contributed by atoms with Gasteiger partial charge in [0.25, 0.3) is 5.56 Å². The molecule has 2 heterocycles. The maximum Gasteiger partial charge on any atom is 0.339 e. The van der Waals surface area contributed by atoms with Crippen molar-refractivity contribution >= 4 is 49.2 Å². The Morgan fingerprint density at radius 1 is 1.28 bits per heavy atom. The van der Waals surface area contributed by atoms with E-state index in [0.717, 1.165) is 4.47 Å². The maximum absolute atomic E-state index is 12.7. The van der Waals surface area contributed by atoms with Crippen LogP contribution in [0.2, 0.25) is 0 Å². The van der Waals surface area contributed by atoms with Crippen LogP contribution in [0.5, 0.6) is 0 Å². The van der Waals surface area contributed by atoms with E-state index in [0.29, 0.717) is 10.4 Å². The molecule has 6 nitrogen and oxygen atoms in total. The van der Waals surface area contributed by atoms with E-state index in [2.05, 4.69) is 20.9 Å². The first-order valence-corrected chi connectivity index (χ1v) is 9.11. The number of benzene rings is 1. The summed E-state index contributed by atoms with van der Waals surface area (Å²) < 4.78 is 7.04. The Bertz CT molecular complexity index is 1010. The molecule has 0 bridgehead atoms. The van der Waals surface area contributed by atoms with Crippen molar-refractivity contribution in [1.29, 1.82) is 0 Å². The van der Waals surface area contributed by atoms with E-state index in [-0.39, 0.29) is 29.9 Å². The molecule has 0 N–H and O–H groups in total. The van der Waals surface area contributed by atoms with Gasteiger partial charge >= 0.3 is 5.97 Å². The van der Waals surface area contributed by atoms with Gasteiger partial charge in [-0.3, -0.25) is 14.2 Å². The van der Waals surface area contributed by atoms with Gasteiger partial charge in [-0.1, -0.05) is 28.1 Å². The first-order valence-electron chi connectivity index (χ1n) is 7.43. The molecule has 0 unspecified atom stereocenters. The van der Waals surface area contributed by atoms with E-state index in [1.807, 2.05) is 0 Å². The summed E-state index contributed by atoms with van der Waals surface area (Å²) in [7, 11) is 0. The highest BCUT2D eigenvalue weighted by Gasteiger charge is 2.19. The first kappa shape index (κ1) is 17.5. The number of ketones is 1. The minimum Gasteiger partial charge on any atom is -0.462 e. The molecule has 0 saturated heterocycles. The summed E-state index contributed by atoms with van der Waals surface area (Å²) in [6.07, 6.45) is 1.33. The Morgan fingerprint density at radius 3 is 2.68 bits per heavy atom. The summed E-state index contributed by atoms with van der Waals surface area (Å²) in [6.45, 7) is 1.76. The average molecular weight is 421 g/mol. The molecule has 25 heavy (non-hydrogen) atoms. The number of fused-ring (bicyclic) bond motifs is 1. The maximum atomic E-state index is 12.7. The van der Waals surface area contributed by atoms with E-state index >= 15 is 0 Å². The third-order valence-corrected chi connectivity index (χ3v) is 4.95. The van der Waals surface area contributed by atoms with E-state index in [1.54, 1.807) is 36.6 Å². The van der Waals surface area contributed by atoms with Crippen LogP contribution in [0.15, 0.2) is 45.2 Å². The number of nitrogens with zero attached hydrogens (tertiary/aromatic N) is 2. The van der Waals surface area contributed by atoms with Crippen LogP contribution in [0.1, 0.15) is 27.6 Å². The van der Waals surface area contributed by atoms with Gasteiger partial charge in [-0.05, 0) is 19.1 Å². The first-order chi connectivity index (χ1) is 12.0. The summed E-state index contributed by atoms with van der Waals surface area (Å²) in [5.74, 6) is -0.784. The fourth-order valence-corrected chi connectivity index (χ4v) is 3.45. The highest BCUT2D eigenvalue weighted by molar-refractivity contribution is 9.10. The summed E-state index contributed by atoms with van der Waals surface area (Å²) in [4.78, 5) is 41.7. The molecule has 128 valence electrons. The van der Waals surface area contributed by atoms with Crippen molar-refractivity contribution in [2.75, 3.05) is 6.61 Å². The zero-order chi connectivity index (χ0) is 18.0. The Kier molecular flexibility index (Phi) is 5.10. The van der Waals surface area contributed by atoms with Crippen LogP contribution >= 0.6 is 27.3 Å². The van der Waals surface area contributed by atoms with Crippen molar-refractivity contribution in [2.45, 2.75) is 13.5 Å². The molecule has 0 atom stereocenters. The largest absolute Gasteiger partial charge is 0.462 e. The fraction of sp³-hybridized carbons (Fsp3) is 0.176. The monoisotopic (exact) mass is 420 g/mol. The molecule has 1 aromatic carbocycles. The molecule has 2 aromatic heterocycles. The molecule has 0 radical (unpaired) electrons. The Balaban J connectivity index is 1.97. The third-order valence-electron chi connectivity index (χ3n) is 3.54. The van der Waals surface area contributed by atoms with E-state index in [1.165, 1.54) is 22.2 Å². The molecule has 3 aromatic rings. The van der Waals surface area contributed by atoms with Crippen LogP contribution in [0.25, 0.3) is 10.2 Å². The van der Waals surface area contributed by atoms with Gasteiger partial charge < -0.3 is 4.74 Å². The minimum absolute atomic E-state index is 0.151. The van der Waals surface area contributed by atoms with Gasteiger partial charge in [-0.25, -0.2) is 9.78 Å². The molecule has 0 amide bonds. The van der Waals surface area contributed by atoms with Crippen molar-refractivity contribution in [3.05, 3.63) is 61.9 Å². The molecular weight excluding hydrogens is 408 g/mol. The highest BCUT2D eigenvalue weighted by atomic mass is 79.9. The lowest BCUT2D eigenvalue weighted by Crippen LogP contribution is -2.25. The van der Waals surface area contributed by atoms with Gasteiger partial charge in [-0.2, -0.15) is 0 Å². The van der Waals surface area contributed by atoms with Crippen LogP contribution in [0.4, 0.5) is 0 Å². The van der Waals surface area contributed by atoms with Crippen molar-refractivity contribution in [1.82, 2.24) is 9.55 Å². The number of carbonyl (C=O) groups excluding carboxylic acids is 2. The second-order valence-corrected chi connectivity index (χ2v) is 6.93. The second-order valence-electron chi connectivity index (χ2n) is 5.16. The summed E-state index contributed by atoms with van der Waals surface area (Å²) in [5.41, 5.74) is 0.246. The Hall–Kier alpha value is -2.32. The smallest absolute Gasteiger partial charge is 0.339 e. The fourth-order valence-electron chi connectivity index (χ4n) is 2.32. The number of hydrogen-bond donors (Lipinski definition) is 0. The van der Waals surface area contributed by atoms with Crippen molar-refractivity contribution in [3.63, 3.8) is 0 Å². The predicted octanol–water partition coefficient (Wildman–Crippen LogP) is 3.28. The number of rotatable bonds is 5. The molecule has 8 heteroatoms. The van der Waals surface area contributed by atoms with Crippen molar-refractivity contribution < 1.29 is 14.3 Å². The number of hydrogen-bond acceptors (Lipinski definition) is 6. The number of Topliss-reactive ketones (excluding diaryl/α,β-unsaturated/α-hetero) is 1. The lowest BCUT2D eigenvalue weighted by atomic mass is 10.1. The summed E-state index contributed by atoms with van der Waals surface area (Å²) >= 11 is 4.50. The van der Waals surface area contributed by atoms with E-state index < -0.39 is 11.5 Å². The summed E-state index contributed by atoms with van der Waals surface area (Å²) in [6, 6.07) is 6.88. The number of aromatic nitrogens is 2. The van der Waals surface area contributed by atoms with Crippen molar-refractivity contribution in [3.8, 4) is 0 Å². The van der Waals surface area contributed by atoms with Crippen LogP contribution in [0, 0.1) is 0 Å². The lowest BCUT2D eigenvalue weighted by molar-refractivity contribution is 0.0529. The quantitative estimate of drug-likeness (QED) is 0.467. The number of ether oxygens (including phenoxy) is 1. The molecule has 0 fully saturated rings. The minimum atomic E-state index is -0.565. The van der Waals surface area contributed by atoms with Gasteiger partial charge in [0, 0.05) is 15.4 Å². The van der Waals surface area contributed by atoms with E-state index in [4.69, 9.17) is 4.74 Å². The second kappa shape index (κ2) is 7.28. The van der Waals surface area contributed by atoms with Gasteiger partial charge in [0.15, 0.2) is 5.78 Å².